The van der Waals surface area contributed by atoms with E-state index in [0.29, 0.717) is 6.04 Å². The standard InChI is InChI=1S/C16H21N3/c1-3-7-19-16(10-14-5-4-8-17-11-14)15-12-18-9-6-13(15)2/h4-6,8-9,11-12,16,19H,3,7,10H2,1-2H3. The number of hydrogen-bond donors (Lipinski definition) is 1. The molecular weight excluding hydrogens is 234 g/mol. The van der Waals surface area contributed by atoms with Crippen molar-refractivity contribution in [1.29, 1.82) is 0 Å². The van der Waals surface area contributed by atoms with E-state index in [4.69, 9.17) is 0 Å². The summed E-state index contributed by atoms with van der Waals surface area (Å²) in [5.74, 6) is 0. The molecule has 0 bridgehead atoms. The van der Waals surface area contributed by atoms with Crippen molar-refractivity contribution in [3.8, 4) is 0 Å². The van der Waals surface area contributed by atoms with Crippen molar-refractivity contribution < 1.29 is 0 Å². The predicted molar refractivity (Wildman–Crippen MR) is 77.9 cm³/mol. The number of pyridine rings is 2. The van der Waals surface area contributed by atoms with E-state index in [-0.39, 0.29) is 0 Å². The minimum absolute atomic E-state index is 0.304. The van der Waals surface area contributed by atoms with Crippen LogP contribution in [-0.2, 0) is 6.42 Å². The van der Waals surface area contributed by atoms with Crippen molar-refractivity contribution >= 4 is 0 Å². The molecule has 3 nitrogen and oxygen atoms in total. The third-order valence-corrected chi connectivity index (χ3v) is 3.26. The van der Waals surface area contributed by atoms with Crippen LogP contribution >= 0.6 is 0 Å². The molecule has 0 aliphatic rings. The van der Waals surface area contributed by atoms with Gasteiger partial charge in [-0.3, -0.25) is 9.97 Å². The molecule has 0 aromatic carbocycles. The second-order valence-corrected chi connectivity index (χ2v) is 4.80. The summed E-state index contributed by atoms with van der Waals surface area (Å²) in [6.45, 7) is 5.34. The van der Waals surface area contributed by atoms with E-state index in [2.05, 4.69) is 41.3 Å². The molecule has 19 heavy (non-hydrogen) atoms. The maximum Gasteiger partial charge on any atom is 0.0379 e. The lowest BCUT2D eigenvalue weighted by atomic mass is 9.97. The first-order valence-electron chi connectivity index (χ1n) is 6.84. The SMILES string of the molecule is CCCNC(Cc1cccnc1)c1cnccc1C. The van der Waals surface area contributed by atoms with E-state index in [9.17, 15) is 0 Å². The van der Waals surface area contributed by atoms with Crippen molar-refractivity contribution in [3.63, 3.8) is 0 Å². The zero-order valence-corrected chi connectivity index (χ0v) is 11.6. The van der Waals surface area contributed by atoms with E-state index in [1.165, 1.54) is 16.7 Å². The number of aromatic nitrogens is 2. The van der Waals surface area contributed by atoms with Crippen molar-refractivity contribution in [3.05, 3.63) is 59.7 Å². The second-order valence-electron chi connectivity index (χ2n) is 4.80. The lowest BCUT2D eigenvalue weighted by molar-refractivity contribution is 0.525. The van der Waals surface area contributed by atoms with Gasteiger partial charge in [0.1, 0.15) is 0 Å². The van der Waals surface area contributed by atoms with Crippen LogP contribution in [0.15, 0.2) is 43.0 Å². The highest BCUT2D eigenvalue weighted by Crippen LogP contribution is 2.20. The van der Waals surface area contributed by atoms with Crippen molar-refractivity contribution in [2.75, 3.05) is 6.54 Å². The second kappa shape index (κ2) is 7.00. The third-order valence-electron chi connectivity index (χ3n) is 3.26. The monoisotopic (exact) mass is 255 g/mol. The van der Waals surface area contributed by atoms with Crippen molar-refractivity contribution in [2.24, 2.45) is 0 Å². The Labute approximate surface area is 115 Å². The zero-order chi connectivity index (χ0) is 13.5. The van der Waals surface area contributed by atoms with Crippen LogP contribution in [0.2, 0.25) is 0 Å². The van der Waals surface area contributed by atoms with Crippen LogP contribution in [-0.4, -0.2) is 16.5 Å². The highest BCUT2D eigenvalue weighted by Gasteiger charge is 2.13. The van der Waals surface area contributed by atoms with Gasteiger partial charge >= 0.3 is 0 Å². The third kappa shape index (κ3) is 3.86. The Morgan fingerprint density at radius 2 is 2.00 bits per heavy atom. The lowest BCUT2D eigenvalue weighted by Gasteiger charge is -2.20. The first-order valence-corrected chi connectivity index (χ1v) is 6.84. The lowest BCUT2D eigenvalue weighted by Crippen LogP contribution is -2.25. The number of rotatable bonds is 6. The molecule has 0 aliphatic heterocycles. The summed E-state index contributed by atoms with van der Waals surface area (Å²) >= 11 is 0. The van der Waals surface area contributed by atoms with E-state index in [0.717, 1.165) is 19.4 Å². The molecule has 2 aromatic heterocycles. The Balaban J connectivity index is 2.19. The largest absolute Gasteiger partial charge is 0.310 e. The van der Waals surface area contributed by atoms with Gasteiger partial charge in [-0.2, -0.15) is 0 Å². The van der Waals surface area contributed by atoms with Gasteiger partial charge in [0, 0.05) is 30.8 Å². The average Bonchev–Trinajstić information content (AvgIpc) is 2.45. The molecule has 1 atom stereocenters. The van der Waals surface area contributed by atoms with E-state index < -0.39 is 0 Å². The molecule has 0 spiro atoms. The Morgan fingerprint density at radius 3 is 2.68 bits per heavy atom. The Morgan fingerprint density at radius 1 is 1.16 bits per heavy atom. The number of aryl methyl sites for hydroxylation is 1. The van der Waals surface area contributed by atoms with Crippen LogP contribution in [0.3, 0.4) is 0 Å². The Hall–Kier alpha value is -1.74. The number of nitrogens with one attached hydrogen (secondary N) is 1. The van der Waals surface area contributed by atoms with Crippen LogP contribution in [0.5, 0.6) is 0 Å². The molecular formula is C16H21N3. The topological polar surface area (TPSA) is 37.8 Å². The first-order chi connectivity index (χ1) is 9.31. The van der Waals surface area contributed by atoms with E-state index >= 15 is 0 Å². The molecule has 1 N–H and O–H groups in total. The molecule has 0 amide bonds. The fourth-order valence-electron chi connectivity index (χ4n) is 2.21. The van der Waals surface area contributed by atoms with Gasteiger partial charge in [-0.25, -0.2) is 0 Å². The molecule has 2 heterocycles. The predicted octanol–water partition coefficient (Wildman–Crippen LogP) is 3.07. The Bertz CT molecular complexity index is 496. The van der Waals surface area contributed by atoms with Gasteiger partial charge in [0.05, 0.1) is 0 Å². The number of hydrogen-bond acceptors (Lipinski definition) is 3. The smallest absolute Gasteiger partial charge is 0.0379 e. The van der Waals surface area contributed by atoms with E-state index in [1.54, 1.807) is 0 Å². The van der Waals surface area contributed by atoms with E-state index in [1.807, 2.05) is 30.9 Å². The summed E-state index contributed by atoms with van der Waals surface area (Å²) in [5, 5.41) is 3.61. The minimum atomic E-state index is 0.304. The molecule has 0 saturated heterocycles. The van der Waals surface area contributed by atoms with Crippen molar-refractivity contribution in [2.45, 2.75) is 32.7 Å². The molecule has 3 heteroatoms. The summed E-state index contributed by atoms with van der Waals surface area (Å²) in [4.78, 5) is 8.45. The summed E-state index contributed by atoms with van der Waals surface area (Å²) in [7, 11) is 0. The molecule has 2 aromatic rings. The summed E-state index contributed by atoms with van der Waals surface area (Å²) in [5.41, 5.74) is 3.81. The molecule has 2 rings (SSSR count). The molecule has 0 radical (unpaired) electrons. The van der Waals surface area contributed by atoms with Crippen molar-refractivity contribution in [1.82, 2.24) is 15.3 Å². The Kier molecular flexibility index (Phi) is 5.04. The molecule has 0 fully saturated rings. The van der Waals surface area contributed by atoms with Gasteiger partial charge in [-0.1, -0.05) is 13.0 Å². The normalized spacial score (nSPS) is 12.3. The van der Waals surface area contributed by atoms with Crippen LogP contribution in [0.1, 0.15) is 36.1 Å². The molecule has 100 valence electrons. The summed E-state index contributed by atoms with van der Waals surface area (Å²) < 4.78 is 0. The van der Waals surface area contributed by atoms with Crippen LogP contribution in [0, 0.1) is 6.92 Å². The van der Waals surface area contributed by atoms with Gasteiger partial charge in [0.25, 0.3) is 0 Å². The van der Waals surface area contributed by atoms with Gasteiger partial charge < -0.3 is 5.32 Å². The zero-order valence-electron chi connectivity index (χ0n) is 11.6. The summed E-state index contributed by atoms with van der Waals surface area (Å²) in [6.07, 6.45) is 9.64. The van der Waals surface area contributed by atoms with Crippen LogP contribution in [0.4, 0.5) is 0 Å². The maximum atomic E-state index is 4.26. The van der Waals surface area contributed by atoms with Gasteiger partial charge in [0.2, 0.25) is 0 Å². The van der Waals surface area contributed by atoms with Crippen LogP contribution in [0.25, 0.3) is 0 Å². The molecule has 1 unspecified atom stereocenters. The van der Waals surface area contributed by atoms with Gasteiger partial charge in [-0.05, 0) is 55.1 Å². The highest BCUT2D eigenvalue weighted by atomic mass is 14.9. The van der Waals surface area contributed by atoms with Gasteiger partial charge in [-0.15, -0.1) is 0 Å². The fourth-order valence-corrected chi connectivity index (χ4v) is 2.21. The maximum absolute atomic E-state index is 4.26. The molecule has 0 aliphatic carbocycles. The number of nitrogens with zero attached hydrogens (tertiary/aromatic N) is 2. The summed E-state index contributed by atoms with van der Waals surface area (Å²) in [6, 6.07) is 6.48. The fraction of sp³-hybridized carbons (Fsp3) is 0.375. The average molecular weight is 255 g/mol. The first kappa shape index (κ1) is 13.7. The van der Waals surface area contributed by atoms with Gasteiger partial charge in [0.15, 0.2) is 0 Å². The quantitative estimate of drug-likeness (QED) is 0.862. The molecule has 0 saturated carbocycles. The van der Waals surface area contributed by atoms with Crippen LogP contribution < -0.4 is 5.32 Å². The minimum Gasteiger partial charge on any atom is -0.310 e. The highest BCUT2D eigenvalue weighted by molar-refractivity contribution is 5.27.